The van der Waals surface area contributed by atoms with Gasteiger partial charge in [0, 0.05) is 6.20 Å². The summed E-state index contributed by atoms with van der Waals surface area (Å²) in [5, 5.41) is 7.90. The number of nitrogens with zero attached hydrogens (tertiary/aromatic N) is 4. The number of hydrogen-bond acceptors (Lipinski definition) is 6. The Hall–Kier alpha value is -2.94. The molecule has 0 radical (unpaired) electrons. The highest BCUT2D eigenvalue weighted by Crippen LogP contribution is 2.24. The zero-order chi connectivity index (χ0) is 20.5. The first-order valence-corrected chi connectivity index (χ1v) is 10.1. The van der Waals surface area contributed by atoms with Gasteiger partial charge in [0.25, 0.3) is 10.0 Å². The fourth-order valence-corrected chi connectivity index (χ4v) is 4.07. The Kier molecular flexibility index (Phi) is 5.12. The van der Waals surface area contributed by atoms with Gasteiger partial charge in [-0.05, 0) is 52.0 Å². The van der Waals surface area contributed by atoms with Crippen molar-refractivity contribution in [2.45, 2.75) is 38.2 Å². The van der Waals surface area contributed by atoms with Gasteiger partial charge < -0.3 is 4.74 Å². The quantitative estimate of drug-likeness (QED) is 0.609. The number of esters is 1. The van der Waals surface area contributed by atoms with Crippen molar-refractivity contribution in [2.24, 2.45) is 0 Å². The number of aromatic nitrogens is 3. The van der Waals surface area contributed by atoms with Crippen molar-refractivity contribution in [2.75, 3.05) is 10.8 Å². The third-order valence-corrected chi connectivity index (χ3v) is 5.63. The number of carbonyl (C=O) groups is 1. The lowest BCUT2D eigenvalue weighted by atomic mass is 10.2. The molecular weight excluding hydrogens is 380 g/mol. The second-order valence-corrected chi connectivity index (χ2v) is 9.14. The minimum Gasteiger partial charge on any atom is -0.459 e. The monoisotopic (exact) mass is 402 g/mol. The Morgan fingerprint density at radius 1 is 1.11 bits per heavy atom. The lowest BCUT2D eigenvalue weighted by molar-refractivity contribution is -0.152. The number of benzene rings is 1. The van der Waals surface area contributed by atoms with Crippen LogP contribution in [0.2, 0.25) is 0 Å². The number of ether oxygens (including phenoxy) is 1. The summed E-state index contributed by atoms with van der Waals surface area (Å²) in [6, 6.07) is 11.5. The molecule has 0 fully saturated rings. The van der Waals surface area contributed by atoms with Gasteiger partial charge >= 0.3 is 5.97 Å². The zero-order valence-corrected chi connectivity index (χ0v) is 17.0. The molecule has 0 aliphatic rings. The van der Waals surface area contributed by atoms with Gasteiger partial charge in [0.2, 0.25) is 0 Å². The number of aryl methyl sites for hydroxylation is 1. The van der Waals surface area contributed by atoms with E-state index >= 15 is 0 Å². The molecule has 0 spiro atoms. The second kappa shape index (κ2) is 7.23. The van der Waals surface area contributed by atoms with Crippen molar-refractivity contribution in [1.29, 1.82) is 0 Å². The fraction of sp³-hybridized carbons (Fsp3) is 0.316. The van der Waals surface area contributed by atoms with Crippen LogP contribution in [-0.4, -0.2) is 41.1 Å². The highest BCUT2D eigenvalue weighted by molar-refractivity contribution is 7.92. The third-order valence-electron chi connectivity index (χ3n) is 3.87. The first-order chi connectivity index (χ1) is 13.1. The normalized spacial score (nSPS) is 12.1. The average molecular weight is 402 g/mol. The molecule has 148 valence electrons. The second-order valence-electron chi connectivity index (χ2n) is 7.27. The molecule has 9 heteroatoms. The van der Waals surface area contributed by atoms with Gasteiger partial charge in [-0.25, -0.2) is 8.42 Å². The van der Waals surface area contributed by atoms with Crippen molar-refractivity contribution in [3.8, 4) is 0 Å². The van der Waals surface area contributed by atoms with E-state index in [1.54, 1.807) is 68.5 Å². The lowest BCUT2D eigenvalue weighted by Crippen LogP contribution is -2.39. The maximum atomic E-state index is 13.4. The van der Waals surface area contributed by atoms with Crippen LogP contribution >= 0.6 is 0 Å². The first-order valence-electron chi connectivity index (χ1n) is 8.69. The number of carbonyl (C=O) groups excluding carboxylic acids is 1. The van der Waals surface area contributed by atoms with E-state index < -0.39 is 28.1 Å². The molecule has 0 atom stereocenters. The van der Waals surface area contributed by atoms with E-state index in [0.717, 1.165) is 4.31 Å². The smallest absolute Gasteiger partial charge is 0.327 e. The summed E-state index contributed by atoms with van der Waals surface area (Å²) in [6.45, 7) is 6.48. The van der Waals surface area contributed by atoms with Crippen LogP contribution in [0.25, 0.3) is 5.65 Å². The SMILES string of the molecule is Cc1nnc2ccc(S(=O)(=O)N(CC(=O)OC(C)(C)C)c3ccccc3)cn12. The molecule has 0 N–H and O–H groups in total. The summed E-state index contributed by atoms with van der Waals surface area (Å²) in [4.78, 5) is 12.4. The van der Waals surface area contributed by atoms with Gasteiger partial charge in [-0.3, -0.25) is 13.5 Å². The number of sulfonamides is 1. The van der Waals surface area contributed by atoms with Gasteiger partial charge in [0.1, 0.15) is 22.9 Å². The van der Waals surface area contributed by atoms with Crippen molar-refractivity contribution in [1.82, 2.24) is 14.6 Å². The molecule has 0 saturated heterocycles. The van der Waals surface area contributed by atoms with Gasteiger partial charge in [0.05, 0.1) is 5.69 Å². The van der Waals surface area contributed by atoms with E-state index in [9.17, 15) is 13.2 Å². The van der Waals surface area contributed by atoms with Crippen molar-refractivity contribution in [3.05, 3.63) is 54.5 Å². The first kappa shape index (κ1) is 19.8. The van der Waals surface area contributed by atoms with Crippen LogP contribution in [0.5, 0.6) is 0 Å². The van der Waals surface area contributed by atoms with E-state index in [4.69, 9.17) is 4.74 Å². The molecule has 0 saturated carbocycles. The van der Waals surface area contributed by atoms with E-state index in [1.165, 1.54) is 12.3 Å². The molecule has 0 amide bonds. The van der Waals surface area contributed by atoms with Crippen LogP contribution in [0.15, 0.2) is 53.6 Å². The predicted octanol–water partition coefficient (Wildman–Crippen LogP) is 2.57. The Morgan fingerprint density at radius 2 is 1.79 bits per heavy atom. The molecule has 8 nitrogen and oxygen atoms in total. The number of hydrogen-bond donors (Lipinski definition) is 0. The van der Waals surface area contributed by atoms with Crippen LogP contribution in [-0.2, 0) is 19.6 Å². The van der Waals surface area contributed by atoms with E-state index in [2.05, 4.69) is 10.2 Å². The number of anilines is 1. The molecule has 28 heavy (non-hydrogen) atoms. The zero-order valence-electron chi connectivity index (χ0n) is 16.2. The standard InChI is InChI=1S/C19H22N4O4S/c1-14-20-21-17-11-10-16(12-22(14)17)28(25,26)23(15-8-6-5-7-9-15)13-18(24)27-19(2,3)4/h5-12H,13H2,1-4H3. The van der Waals surface area contributed by atoms with Gasteiger partial charge in [-0.2, -0.15) is 0 Å². The van der Waals surface area contributed by atoms with Gasteiger partial charge in [-0.1, -0.05) is 18.2 Å². The molecule has 0 bridgehead atoms. The Bertz CT molecular complexity index is 1100. The highest BCUT2D eigenvalue weighted by Gasteiger charge is 2.29. The molecule has 3 rings (SSSR count). The van der Waals surface area contributed by atoms with Crippen LogP contribution in [0, 0.1) is 6.92 Å². The van der Waals surface area contributed by atoms with E-state index in [1.807, 2.05) is 0 Å². The fourth-order valence-electron chi connectivity index (χ4n) is 2.67. The average Bonchev–Trinajstić information content (AvgIpc) is 2.99. The van der Waals surface area contributed by atoms with Crippen LogP contribution in [0.3, 0.4) is 0 Å². The Morgan fingerprint density at radius 3 is 2.43 bits per heavy atom. The van der Waals surface area contributed by atoms with E-state index in [0.29, 0.717) is 17.2 Å². The predicted molar refractivity (Wildman–Crippen MR) is 105 cm³/mol. The van der Waals surface area contributed by atoms with Crippen LogP contribution in [0.1, 0.15) is 26.6 Å². The van der Waals surface area contributed by atoms with Crippen LogP contribution in [0.4, 0.5) is 5.69 Å². The maximum Gasteiger partial charge on any atom is 0.327 e. The summed E-state index contributed by atoms with van der Waals surface area (Å²) in [5.41, 5.74) is 0.186. The summed E-state index contributed by atoms with van der Waals surface area (Å²) in [6.07, 6.45) is 1.45. The number of fused-ring (bicyclic) bond motifs is 1. The Balaban J connectivity index is 2.04. The largest absolute Gasteiger partial charge is 0.459 e. The minimum atomic E-state index is -4.03. The van der Waals surface area contributed by atoms with E-state index in [-0.39, 0.29) is 4.90 Å². The Labute approximate surface area is 163 Å². The summed E-state index contributed by atoms with van der Waals surface area (Å²) < 4.78 is 34.7. The highest BCUT2D eigenvalue weighted by atomic mass is 32.2. The van der Waals surface area contributed by atoms with Crippen molar-refractivity contribution < 1.29 is 17.9 Å². The summed E-state index contributed by atoms with van der Waals surface area (Å²) in [7, 11) is -4.03. The molecule has 2 heterocycles. The van der Waals surface area contributed by atoms with Crippen molar-refractivity contribution >= 4 is 27.3 Å². The van der Waals surface area contributed by atoms with Gasteiger partial charge in [0.15, 0.2) is 5.65 Å². The molecule has 0 unspecified atom stereocenters. The minimum absolute atomic E-state index is 0.0234. The maximum absolute atomic E-state index is 13.4. The molecular formula is C19H22N4O4S. The molecule has 1 aromatic carbocycles. The molecule has 2 aromatic heterocycles. The molecule has 3 aromatic rings. The van der Waals surface area contributed by atoms with Gasteiger partial charge in [-0.15, -0.1) is 10.2 Å². The topological polar surface area (TPSA) is 93.9 Å². The number of rotatable bonds is 5. The van der Waals surface area contributed by atoms with Crippen LogP contribution < -0.4 is 4.31 Å². The molecule has 0 aliphatic heterocycles. The third kappa shape index (κ3) is 4.14. The molecule has 0 aliphatic carbocycles. The summed E-state index contributed by atoms with van der Waals surface area (Å²) in [5.74, 6) is -0.0769. The number of para-hydroxylation sites is 1. The number of pyridine rings is 1. The van der Waals surface area contributed by atoms with Crippen molar-refractivity contribution in [3.63, 3.8) is 0 Å². The lowest BCUT2D eigenvalue weighted by Gasteiger charge is -2.26. The summed E-state index contributed by atoms with van der Waals surface area (Å²) >= 11 is 0.